The number of likely N-dealkylation sites (tertiary alicyclic amines) is 1. The number of ether oxygens (including phenoxy) is 1. The molecule has 1 fully saturated rings. The summed E-state index contributed by atoms with van der Waals surface area (Å²) in [5, 5.41) is 4.09. The zero-order chi connectivity index (χ0) is 14.4. The van der Waals surface area contributed by atoms with Crippen molar-refractivity contribution >= 4 is 23.4 Å². The average Bonchev–Trinajstić information content (AvgIpc) is 2.90. The quantitative estimate of drug-likeness (QED) is 0.577. The normalized spacial score (nSPS) is 19.4. The Morgan fingerprint density at radius 3 is 3.15 bits per heavy atom. The molecule has 1 aliphatic heterocycles. The molecule has 20 heavy (non-hydrogen) atoms. The van der Waals surface area contributed by atoms with E-state index in [1.54, 1.807) is 13.2 Å². The highest BCUT2D eigenvalue weighted by Gasteiger charge is 2.21. The Morgan fingerprint density at radius 1 is 1.55 bits per heavy atom. The molecule has 0 saturated carbocycles. The highest BCUT2D eigenvalue weighted by molar-refractivity contribution is 7.98. The molecule has 112 valence electrons. The molecule has 2 heterocycles. The van der Waals surface area contributed by atoms with Crippen LogP contribution in [0.4, 0.5) is 11.6 Å². The summed E-state index contributed by atoms with van der Waals surface area (Å²) in [4.78, 5) is 11.0. The number of hydrogen-bond acceptors (Lipinski definition) is 7. The highest BCUT2D eigenvalue weighted by atomic mass is 32.2. The molecule has 6 nitrogen and oxygen atoms in total. The summed E-state index contributed by atoms with van der Waals surface area (Å²) in [6.45, 7) is 5.02. The first-order valence-corrected chi connectivity index (χ1v) is 8.07. The number of nitrogens with one attached hydrogen (secondary N) is 1. The van der Waals surface area contributed by atoms with Gasteiger partial charge in [-0.2, -0.15) is 0 Å². The topological polar surface area (TPSA) is 76.3 Å². The van der Waals surface area contributed by atoms with Gasteiger partial charge in [-0.3, -0.25) is 0 Å². The maximum absolute atomic E-state index is 5.77. The number of nitrogen functional groups attached to an aromatic ring is 1. The van der Waals surface area contributed by atoms with Gasteiger partial charge in [0.2, 0.25) is 0 Å². The number of methoxy groups -OCH3 is 1. The zero-order valence-electron chi connectivity index (χ0n) is 12.1. The van der Waals surface area contributed by atoms with Gasteiger partial charge in [-0.25, -0.2) is 9.97 Å². The van der Waals surface area contributed by atoms with E-state index in [-0.39, 0.29) is 0 Å². The molecule has 1 unspecified atom stereocenters. The Kier molecular flexibility index (Phi) is 5.87. The summed E-state index contributed by atoms with van der Waals surface area (Å²) in [5.74, 6) is 1.98. The maximum Gasteiger partial charge on any atom is 0.191 e. The van der Waals surface area contributed by atoms with E-state index >= 15 is 0 Å². The fraction of sp³-hybridized carbons (Fsp3) is 0.692. The van der Waals surface area contributed by atoms with E-state index in [0.29, 0.717) is 16.9 Å². The molecule has 0 amide bonds. The van der Waals surface area contributed by atoms with Crippen LogP contribution in [-0.2, 0) is 4.74 Å². The Bertz CT molecular complexity index is 431. The summed E-state index contributed by atoms with van der Waals surface area (Å²) < 4.78 is 5.12. The fourth-order valence-corrected chi connectivity index (χ4v) is 2.76. The van der Waals surface area contributed by atoms with E-state index in [2.05, 4.69) is 20.2 Å². The molecular weight excluding hydrogens is 274 g/mol. The predicted molar refractivity (Wildman–Crippen MR) is 83.1 cm³/mol. The van der Waals surface area contributed by atoms with Crippen LogP contribution in [0, 0.1) is 5.92 Å². The lowest BCUT2D eigenvalue weighted by atomic mass is 10.1. The lowest BCUT2D eigenvalue weighted by molar-refractivity contribution is 0.159. The molecule has 1 aliphatic rings. The Hall–Kier alpha value is -1.05. The Labute approximate surface area is 124 Å². The number of nitrogens with zero attached hydrogens (tertiary/aromatic N) is 3. The lowest BCUT2D eigenvalue weighted by Crippen LogP contribution is -2.26. The lowest BCUT2D eigenvalue weighted by Gasteiger charge is -2.16. The summed E-state index contributed by atoms with van der Waals surface area (Å²) in [5.41, 5.74) is 5.77. The van der Waals surface area contributed by atoms with Gasteiger partial charge >= 0.3 is 0 Å². The van der Waals surface area contributed by atoms with Crippen molar-refractivity contribution in [3.05, 3.63) is 6.07 Å². The van der Waals surface area contributed by atoms with Gasteiger partial charge in [-0.1, -0.05) is 11.8 Å². The molecule has 0 aromatic carbocycles. The summed E-state index contributed by atoms with van der Waals surface area (Å²) in [7, 11) is 1.75. The molecule has 1 saturated heterocycles. The van der Waals surface area contributed by atoms with Crippen LogP contribution < -0.4 is 11.1 Å². The first-order valence-electron chi connectivity index (χ1n) is 6.85. The standard InChI is InChI=1S/C13H23N5OS/c1-19-6-5-18-4-3-10(9-18)8-15-12-7-11(14)16-13(17-12)20-2/h7,10H,3-6,8-9H2,1-2H3,(H3,14,15,16,17). The molecule has 0 bridgehead atoms. The molecule has 0 spiro atoms. The van der Waals surface area contributed by atoms with Crippen molar-refractivity contribution < 1.29 is 4.74 Å². The van der Waals surface area contributed by atoms with Crippen molar-refractivity contribution in [3.63, 3.8) is 0 Å². The minimum absolute atomic E-state index is 0.514. The monoisotopic (exact) mass is 297 g/mol. The van der Waals surface area contributed by atoms with E-state index in [0.717, 1.165) is 38.6 Å². The van der Waals surface area contributed by atoms with Gasteiger partial charge in [-0.05, 0) is 25.1 Å². The van der Waals surface area contributed by atoms with Crippen molar-refractivity contribution in [3.8, 4) is 0 Å². The van der Waals surface area contributed by atoms with Crippen molar-refractivity contribution in [1.29, 1.82) is 0 Å². The van der Waals surface area contributed by atoms with Gasteiger partial charge in [0.05, 0.1) is 6.61 Å². The number of rotatable bonds is 7. The predicted octanol–water partition coefficient (Wildman–Crippen LogP) is 1.16. The zero-order valence-corrected chi connectivity index (χ0v) is 12.9. The van der Waals surface area contributed by atoms with Gasteiger partial charge in [0, 0.05) is 32.8 Å². The molecule has 7 heteroatoms. The van der Waals surface area contributed by atoms with E-state index in [9.17, 15) is 0 Å². The van der Waals surface area contributed by atoms with Gasteiger partial charge < -0.3 is 20.7 Å². The minimum Gasteiger partial charge on any atom is -0.383 e. The number of thioether (sulfide) groups is 1. The van der Waals surface area contributed by atoms with Gasteiger partial charge in [0.15, 0.2) is 5.16 Å². The second-order valence-corrected chi connectivity index (χ2v) is 5.77. The minimum atomic E-state index is 0.514. The third-order valence-electron chi connectivity index (χ3n) is 3.46. The van der Waals surface area contributed by atoms with E-state index in [1.165, 1.54) is 18.2 Å². The van der Waals surface area contributed by atoms with Crippen LogP contribution in [0.1, 0.15) is 6.42 Å². The molecule has 1 atom stereocenters. The van der Waals surface area contributed by atoms with E-state index < -0.39 is 0 Å². The molecule has 0 radical (unpaired) electrons. The summed E-state index contributed by atoms with van der Waals surface area (Å²) in [6, 6.07) is 1.79. The fourth-order valence-electron chi connectivity index (χ4n) is 2.38. The molecule has 2 rings (SSSR count). The van der Waals surface area contributed by atoms with Gasteiger partial charge in [0.1, 0.15) is 11.6 Å². The summed E-state index contributed by atoms with van der Waals surface area (Å²) >= 11 is 1.50. The molecule has 0 aliphatic carbocycles. The van der Waals surface area contributed by atoms with Crippen LogP contribution in [0.5, 0.6) is 0 Å². The molecular formula is C13H23N5OS. The second-order valence-electron chi connectivity index (χ2n) is 4.99. The molecule has 3 N–H and O–H groups in total. The number of anilines is 2. The van der Waals surface area contributed by atoms with Gasteiger partial charge in [0.25, 0.3) is 0 Å². The average molecular weight is 297 g/mol. The second kappa shape index (κ2) is 7.66. The van der Waals surface area contributed by atoms with Crippen LogP contribution in [0.2, 0.25) is 0 Å². The summed E-state index contributed by atoms with van der Waals surface area (Å²) in [6.07, 6.45) is 3.16. The Morgan fingerprint density at radius 2 is 2.40 bits per heavy atom. The highest BCUT2D eigenvalue weighted by Crippen LogP contribution is 2.18. The molecule has 1 aromatic rings. The van der Waals surface area contributed by atoms with Crippen LogP contribution in [0.15, 0.2) is 11.2 Å². The van der Waals surface area contributed by atoms with Crippen molar-refractivity contribution in [1.82, 2.24) is 14.9 Å². The van der Waals surface area contributed by atoms with Crippen LogP contribution in [0.3, 0.4) is 0 Å². The smallest absolute Gasteiger partial charge is 0.191 e. The third-order valence-corrected chi connectivity index (χ3v) is 4.01. The number of aromatic nitrogens is 2. The molecule has 1 aromatic heterocycles. The number of nitrogens with two attached hydrogens (primary N) is 1. The van der Waals surface area contributed by atoms with Crippen LogP contribution in [-0.4, -0.2) is 61.0 Å². The van der Waals surface area contributed by atoms with Gasteiger partial charge in [-0.15, -0.1) is 0 Å². The van der Waals surface area contributed by atoms with E-state index in [4.69, 9.17) is 10.5 Å². The maximum atomic E-state index is 5.77. The van der Waals surface area contributed by atoms with Crippen LogP contribution in [0.25, 0.3) is 0 Å². The third kappa shape index (κ3) is 4.50. The van der Waals surface area contributed by atoms with Crippen molar-refractivity contribution in [2.24, 2.45) is 5.92 Å². The van der Waals surface area contributed by atoms with Crippen molar-refractivity contribution in [2.75, 3.05) is 57.2 Å². The van der Waals surface area contributed by atoms with Crippen LogP contribution >= 0.6 is 11.8 Å². The van der Waals surface area contributed by atoms with E-state index in [1.807, 2.05) is 6.26 Å². The first-order chi connectivity index (χ1) is 9.71. The Balaban J connectivity index is 1.79. The largest absolute Gasteiger partial charge is 0.383 e. The first kappa shape index (κ1) is 15.3. The number of hydrogen-bond donors (Lipinski definition) is 2. The van der Waals surface area contributed by atoms with Crippen molar-refractivity contribution in [2.45, 2.75) is 11.6 Å². The SMILES string of the molecule is COCCN1CCC(CNc2cc(N)nc(SC)n2)C1.